The third-order valence-electron chi connectivity index (χ3n) is 2.22. The predicted molar refractivity (Wildman–Crippen MR) is 72.5 cm³/mol. The normalized spacial score (nSPS) is 12.5. The largest absolute Gasteiger partial charge is 0.366 e. The molecule has 2 N–H and O–H groups in total. The molecule has 1 aromatic rings. The number of likely N-dealkylation sites (N-methyl/N-ethyl adjacent to an activating group) is 1. The van der Waals surface area contributed by atoms with Crippen molar-refractivity contribution in [2.45, 2.75) is 26.3 Å². The van der Waals surface area contributed by atoms with Crippen molar-refractivity contribution in [1.29, 1.82) is 0 Å². The molecule has 1 aromatic heterocycles. The Morgan fingerprint density at radius 3 is 2.82 bits per heavy atom. The Bertz CT molecular complexity index is 326. The van der Waals surface area contributed by atoms with Crippen molar-refractivity contribution in [1.82, 2.24) is 14.9 Å². The van der Waals surface area contributed by atoms with Crippen LogP contribution >= 0.6 is 0 Å². The summed E-state index contributed by atoms with van der Waals surface area (Å²) in [5.74, 6) is 1.56. The first kappa shape index (κ1) is 13.7. The van der Waals surface area contributed by atoms with Crippen LogP contribution in [0.3, 0.4) is 0 Å². The van der Waals surface area contributed by atoms with Crippen molar-refractivity contribution in [3.63, 3.8) is 0 Å². The monoisotopic (exact) mass is 237 g/mol. The lowest BCUT2D eigenvalue weighted by Gasteiger charge is -2.18. The molecular formula is C12H23N5. The van der Waals surface area contributed by atoms with E-state index in [1.807, 2.05) is 6.07 Å². The fourth-order valence-corrected chi connectivity index (χ4v) is 1.61. The lowest BCUT2D eigenvalue weighted by molar-refractivity contribution is 0.392. The minimum absolute atomic E-state index is 0.360. The highest BCUT2D eigenvalue weighted by atomic mass is 15.2. The molecule has 5 heteroatoms. The number of anilines is 2. The van der Waals surface area contributed by atoms with Gasteiger partial charge >= 0.3 is 0 Å². The van der Waals surface area contributed by atoms with E-state index < -0.39 is 0 Å². The van der Waals surface area contributed by atoms with Gasteiger partial charge in [-0.3, -0.25) is 0 Å². The van der Waals surface area contributed by atoms with Crippen molar-refractivity contribution in [2.75, 3.05) is 37.8 Å². The second-order valence-electron chi connectivity index (χ2n) is 4.50. The number of nitrogens with one attached hydrogen (secondary N) is 2. The molecule has 0 aromatic carbocycles. The highest BCUT2D eigenvalue weighted by Gasteiger charge is 2.05. The molecule has 17 heavy (non-hydrogen) atoms. The first-order valence-corrected chi connectivity index (χ1v) is 6.10. The molecule has 0 aliphatic carbocycles. The van der Waals surface area contributed by atoms with Gasteiger partial charge in [-0.15, -0.1) is 0 Å². The minimum Gasteiger partial charge on any atom is -0.366 e. The molecule has 0 aliphatic heterocycles. The van der Waals surface area contributed by atoms with E-state index in [1.165, 1.54) is 0 Å². The van der Waals surface area contributed by atoms with Gasteiger partial charge in [0.15, 0.2) is 0 Å². The number of rotatable bonds is 7. The summed E-state index contributed by atoms with van der Waals surface area (Å²) in [6, 6.07) is 2.25. The van der Waals surface area contributed by atoms with Gasteiger partial charge in [0.2, 0.25) is 5.95 Å². The zero-order valence-electron chi connectivity index (χ0n) is 11.2. The highest BCUT2D eigenvalue weighted by molar-refractivity contribution is 5.40. The molecule has 96 valence electrons. The van der Waals surface area contributed by atoms with Crippen LogP contribution in [-0.2, 0) is 0 Å². The predicted octanol–water partition coefficient (Wildman–Crippen LogP) is 1.66. The highest BCUT2D eigenvalue weighted by Crippen LogP contribution is 2.07. The zero-order valence-corrected chi connectivity index (χ0v) is 11.2. The summed E-state index contributed by atoms with van der Waals surface area (Å²) in [6.07, 6.45) is 2.84. The van der Waals surface area contributed by atoms with Crippen LogP contribution < -0.4 is 10.6 Å². The third kappa shape index (κ3) is 5.49. The van der Waals surface area contributed by atoms with Crippen LogP contribution in [0.1, 0.15) is 20.3 Å². The van der Waals surface area contributed by atoms with E-state index in [0.717, 1.165) is 25.3 Å². The fraction of sp³-hybridized carbons (Fsp3) is 0.667. The molecule has 0 amide bonds. The molecule has 1 atom stereocenters. The van der Waals surface area contributed by atoms with E-state index in [1.54, 1.807) is 6.20 Å². The van der Waals surface area contributed by atoms with Gasteiger partial charge in [0, 0.05) is 25.3 Å². The van der Waals surface area contributed by atoms with Gasteiger partial charge in [-0.05, 0) is 33.5 Å². The van der Waals surface area contributed by atoms with Crippen molar-refractivity contribution >= 4 is 11.8 Å². The van der Waals surface area contributed by atoms with Gasteiger partial charge in [0.1, 0.15) is 5.82 Å². The van der Waals surface area contributed by atoms with Crippen LogP contribution in [0.25, 0.3) is 0 Å². The maximum Gasteiger partial charge on any atom is 0.224 e. The van der Waals surface area contributed by atoms with Gasteiger partial charge in [0.05, 0.1) is 0 Å². The lowest BCUT2D eigenvalue weighted by Crippen LogP contribution is -2.30. The van der Waals surface area contributed by atoms with E-state index in [4.69, 9.17) is 0 Å². The Labute approximate surface area is 104 Å². The Morgan fingerprint density at radius 1 is 1.41 bits per heavy atom. The van der Waals surface area contributed by atoms with Crippen LogP contribution in [0.5, 0.6) is 0 Å². The SMILES string of the molecule is CCCNc1nccc(NC(C)CN(C)C)n1. The molecule has 0 fully saturated rings. The van der Waals surface area contributed by atoms with E-state index in [0.29, 0.717) is 12.0 Å². The van der Waals surface area contributed by atoms with Crippen LogP contribution in [-0.4, -0.2) is 48.1 Å². The summed E-state index contributed by atoms with van der Waals surface area (Å²) in [4.78, 5) is 10.7. The number of hydrogen-bond acceptors (Lipinski definition) is 5. The maximum atomic E-state index is 4.41. The number of aromatic nitrogens is 2. The van der Waals surface area contributed by atoms with Gasteiger partial charge in [-0.1, -0.05) is 6.92 Å². The Morgan fingerprint density at radius 2 is 2.18 bits per heavy atom. The van der Waals surface area contributed by atoms with Crippen molar-refractivity contribution in [3.05, 3.63) is 12.3 Å². The van der Waals surface area contributed by atoms with Crippen molar-refractivity contribution in [3.8, 4) is 0 Å². The van der Waals surface area contributed by atoms with Gasteiger partial charge in [0.25, 0.3) is 0 Å². The van der Waals surface area contributed by atoms with E-state index in [9.17, 15) is 0 Å². The maximum absolute atomic E-state index is 4.41. The van der Waals surface area contributed by atoms with Crippen molar-refractivity contribution < 1.29 is 0 Å². The Hall–Kier alpha value is -1.36. The number of nitrogens with zero attached hydrogens (tertiary/aromatic N) is 3. The minimum atomic E-state index is 0.360. The molecule has 0 spiro atoms. The molecule has 1 rings (SSSR count). The first-order chi connectivity index (χ1) is 8.11. The molecule has 1 heterocycles. The average molecular weight is 237 g/mol. The fourth-order valence-electron chi connectivity index (χ4n) is 1.61. The summed E-state index contributed by atoms with van der Waals surface area (Å²) >= 11 is 0. The van der Waals surface area contributed by atoms with Gasteiger partial charge in [-0.2, -0.15) is 4.98 Å². The van der Waals surface area contributed by atoms with Crippen molar-refractivity contribution in [2.24, 2.45) is 0 Å². The van der Waals surface area contributed by atoms with E-state index in [-0.39, 0.29) is 0 Å². The second-order valence-corrected chi connectivity index (χ2v) is 4.50. The van der Waals surface area contributed by atoms with Gasteiger partial charge < -0.3 is 15.5 Å². The Balaban J connectivity index is 2.52. The Kier molecular flexibility index (Phi) is 5.69. The van der Waals surface area contributed by atoms with E-state index in [2.05, 4.69) is 53.4 Å². The number of hydrogen-bond donors (Lipinski definition) is 2. The molecule has 5 nitrogen and oxygen atoms in total. The summed E-state index contributed by atoms with van der Waals surface area (Å²) in [5, 5.41) is 6.53. The summed E-state index contributed by atoms with van der Waals surface area (Å²) in [7, 11) is 4.12. The van der Waals surface area contributed by atoms with Crippen LogP contribution in [0.4, 0.5) is 11.8 Å². The first-order valence-electron chi connectivity index (χ1n) is 6.10. The van der Waals surface area contributed by atoms with Crippen LogP contribution in [0.2, 0.25) is 0 Å². The zero-order chi connectivity index (χ0) is 12.7. The smallest absolute Gasteiger partial charge is 0.224 e. The molecule has 0 bridgehead atoms. The average Bonchev–Trinajstić information content (AvgIpc) is 2.25. The third-order valence-corrected chi connectivity index (χ3v) is 2.22. The molecule has 0 saturated carbocycles. The molecule has 0 aliphatic rings. The summed E-state index contributed by atoms with van der Waals surface area (Å²) in [6.45, 7) is 6.13. The molecule has 0 saturated heterocycles. The van der Waals surface area contributed by atoms with Gasteiger partial charge in [-0.25, -0.2) is 4.98 Å². The quantitative estimate of drug-likeness (QED) is 0.755. The topological polar surface area (TPSA) is 53.1 Å². The standard InChI is InChI=1S/C12H23N5/c1-5-7-13-12-14-8-6-11(16-12)15-10(2)9-17(3)4/h6,8,10H,5,7,9H2,1-4H3,(H2,13,14,15,16). The van der Waals surface area contributed by atoms with E-state index >= 15 is 0 Å². The summed E-state index contributed by atoms with van der Waals surface area (Å²) in [5.41, 5.74) is 0. The lowest BCUT2D eigenvalue weighted by atomic mass is 10.3. The van der Waals surface area contributed by atoms with Crippen LogP contribution in [0, 0.1) is 0 Å². The second kappa shape index (κ2) is 7.06. The molecular weight excluding hydrogens is 214 g/mol. The summed E-state index contributed by atoms with van der Waals surface area (Å²) < 4.78 is 0. The van der Waals surface area contributed by atoms with Crippen LogP contribution in [0.15, 0.2) is 12.3 Å². The molecule has 1 unspecified atom stereocenters. The molecule has 0 radical (unpaired) electrons.